The molecule has 1 rings (SSSR count). The van der Waals surface area contributed by atoms with E-state index < -0.39 is 12.4 Å². The van der Waals surface area contributed by atoms with Gasteiger partial charge in [0.25, 0.3) is 6.43 Å². The fourth-order valence-electron chi connectivity index (χ4n) is 1.29. The van der Waals surface area contributed by atoms with Crippen molar-refractivity contribution in [3.05, 3.63) is 27.5 Å². The molecule has 0 aliphatic carbocycles. The molecule has 0 atom stereocenters. The number of hydrogen-bond acceptors (Lipinski definition) is 3. The van der Waals surface area contributed by atoms with Crippen LogP contribution in [0.3, 0.4) is 0 Å². The molecule has 1 aromatic heterocycles. The van der Waals surface area contributed by atoms with Crippen molar-refractivity contribution >= 4 is 37.8 Å². The van der Waals surface area contributed by atoms with E-state index in [9.17, 15) is 13.6 Å². The lowest BCUT2D eigenvalue weighted by molar-refractivity contribution is 0.0514. The molecule has 0 radical (unpaired) electrons. The molecule has 7 heteroatoms. The predicted molar refractivity (Wildman–Crippen MR) is 65.5 cm³/mol. The van der Waals surface area contributed by atoms with E-state index in [1.807, 2.05) is 0 Å². The van der Waals surface area contributed by atoms with Crippen LogP contribution in [0.4, 0.5) is 8.78 Å². The highest BCUT2D eigenvalue weighted by Gasteiger charge is 2.25. The van der Waals surface area contributed by atoms with Gasteiger partial charge in [-0.15, -0.1) is 0 Å². The van der Waals surface area contributed by atoms with E-state index in [-0.39, 0.29) is 33.2 Å². The molecule has 94 valence electrons. The number of esters is 1. The third-order valence-corrected chi connectivity index (χ3v) is 3.26. The molecule has 0 fully saturated rings. The molecule has 0 unspecified atom stereocenters. The summed E-state index contributed by atoms with van der Waals surface area (Å²) < 4.78 is 31.0. The Morgan fingerprint density at radius 1 is 1.59 bits per heavy atom. The van der Waals surface area contributed by atoms with E-state index in [2.05, 4.69) is 36.8 Å². The minimum Gasteiger partial charge on any atom is -0.462 e. The van der Waals surface area contributed by atoms with Crippen LogP contribution in [-0.2, 0) is 10.1 Å². The largest absolute Gasteiger partial charge is 0.462 e. The number of ether oxygens (including phenoxy) is 1. The van der Waals surface area contributed by atoms with Gasteiger partial charge in [0, 0.05) is 22.7 Å². The van der Waals surface area contributed by atoms with Crippen LogP contribution in [0.15, 0.2) is 10.8 Å². The number of carbonyl (C=O) groups is 1. The van der Waals surface area contributed by atoms with Gasteiger partial charge in [0.2, 0.25) is 0 Å². The fourth-order valence-corrected chi connectivity index (χ4v) is 2.69. The molecule has 0 amide bonds. The third kappa shape index (κ3) is 3.22. The van der Waals surface area contributed by atoms with Crippen molar-refractivity contribution in [3.63, 3.8) is 0 Å². The first-order valence-electron chi connectivity index (χ1n) is 4.71. The number of nitrogens with zero attached hydrogens (tertiary/aromatic N) is 1. The number of alkyl halides is 3. The van der Waals surface area contributed by atoms with Crippen LogP contribution < -0.4 is 0 Å². The molecule has 0 spiro atoms. The minimum absolute atomic E-state index is 0.126. The summed E-state index contributed by atoms with van der Waals surface area (Å²) in [5.41, 5.74) is -0.285. The van der Waals surface area contributed by atoms with Crippen LogP contribution in [0.25, 0.3) is 0 Å². The van der Waals surface area contributed by atoms with Gasteiger partial charge < -0.3 is 4.74 Å². The fraction of sp³-hybridized carbons (Fsp3) is 0.400. The SMILES string of the molecule is CCOC(=O)c1cnc(Br)c(CBr)c1C(F)F. The molecule has 0 N–H and O–H groups in total. The number of carbonyl (C=O) groups excluding carboxylic acids is 1. The summed E-state index contributed by atoms with van der Waals surface area (Å²) in [5, 5.41) is 0.174. The Morgan fingerprint density at radius 2 is 2.24 bits per heavy atom. The Labute approximate surface area is 114 Å². The molecule has 0 bridgehead atoms. The van der Waals surface area contributed by atoms with Gasteiger partial charge in [0.15, 0.2) is 0 Å². The lowest BCUT2D eigenvalue weighted by Gasteiger charge is -2.12. The van der Waals surface area contributed by atoms with E-state index in [1.54, 1.807) is 6.92 Å². The van der Waals surface area contributed by atoms with E-state index in [0.29, 0.717) is 0 Å². The highest BCUT2D eigenvalue weighted by Crippen LogP contribution is 2.32. The second-order valence-electron chi connectivity index (χ2n) is 3.01. The van der Waals surface area contributed by atoms with Gasteiger partial charge in [-0.1, -0.05) is 15.9 Å². The Kier molecular flexibility index (Phi) is 5.45. The number of aromatic nitrogens is 1. The predicted octanol–water partition coefficient (Wildman–Crippen LogP) is 3.85. The molecule has 0 aromatic carbocycles. The van der Waals surface area contributed by atoms with E-state index in [1.165, 1.54) is 0 Å². The quantitative estimate of drug-likeness (QED) is 0.457. The molecule has 1 heterocycles. The summed E-state index contributed by atoms with van der Waals surface area (Å²) in [6, 6.07) is 0. The van der Waals surface area contributed by atoms with Crippen molar-refractivity contribution < 1.29 is 18.3 Å². The van der Waals surface area contributed by atoms with E-state index in [0.717, 1.165) is 6.20 Å². The minimum atomic E-state index is -2.76. The molecule has 0 aliphatic heterocycles. The van der Waals surface area contributed by atoms with E-state index in [4.69, 9.17) is 4.74 Å². The van der Waals surface area contributed by atoms with Crippen LogP contribution in [0.5, 0.6) is 0 Å². The monoisotopic (exact) mass is 371 g/mol. The van der Waals surface area contributed by atoms with Crippen molar-refractivity contribution in [2.75, 3.05) is 6.61 Å². The van der Waals surface area contributed by atoms with Gasteiger partial charge in [-0.05, 0) is 22.9 Å². The summed E-state index contributed by atoms with van der Waals surface area (Å²) >= 11 is 6.17. The zero-order valence-electron chi connectivity index (χ0n) is 8.84. The van der Waals surface area contributed by atoms with E-state index >= 15 is 0 Å². The van der Waals surface area contributed by atoms with Crippen molar-refractivity contribution in [1.29, 1.82) is 0 Å². The summed E-state index contributed by atoms with van der Waals surface area (Å²) in [6.07, 6.45) is -1.67. The summed E-state index contributed by atoms with van der Waals surface area (Å²) in [6.45, 7) is 1.73. The second-order valence-corrected chi connectivity index (χ2v) is 4.32. The van der Waals surface area contributed by atoms with Gasteiger partial charge in [-0.3, -0.25) is 0 Å². The average Bonchev–Trinajstić information content (AvgIpc) is 2.28. The van der Waals surface area contributed by atoms with Crippen molar-refractivity contribution in [2.24, 2.45) is 0 Å². The molecule has 0 saturated heterocycles. The second kappa shape index (κ2) is 6.39. The molecule has 3 nitrogen and oxygen atoms in total. The molecule has 0 aliphatic rings. The smallest absolute Gasteiger partial charge is 0.340 e. The van der Waals surface area contributed by atoms with Gasteiger partial charge in [0.1, 0.15) is 4.60 Å². The maximum Gasteiger partial charge on any atom is 0.340 e. The Morgan fingerprint density at radius 3 is 2.71 bits per heavy atom. The highest BCUT2D eigenvalue weighted by atomic mass is 79.9. The number of rotatable bonds is 4. The maximum absolute atomic E-state index is 13.0. The van der Waals surface area contributed by atoms with Crippen LogP contribution in [0.2, 0.25) is 0 Å². The summed E-state index contributed by atoms with van der Waals surface area (Å²) in [7, 11) is 0. The standard InChI is InChI=1S/C10H9Br2F2NO2/c1-2-17-10(16)6-4-15-8(12)5(3-11)7(6)9(13)14/h4,9H,2-3H2,1H3. The van der Waals surface area contributed by atoms with Crippen molar-refractivity contribution in [2.45, 2.75) is 18.7 Å². The van der Waals surface area contributed by atoms with Crippen molar-refractivity contribution in [3.8, 4) is 0 Å². The lowest BCUT2D eigenvalue weighted by atomic mass is 10.1. The van der Waals surface area contributed by atoms with Crippen LogP contribution >= 0.6 is 31.9 Å². The molecule has 1 aromatic rings. The maximum atomic E-state index is 13.0. The Hall–Kier alpha value is -0.560. The lowest BCUT2D eigenvalue weighted by Crippen LogP contribution is -2.11. The molecular weight excluding hydrogens is 364 g/mol. The van der Waals surface area contributed by atoms with Crippen LogP contribution in [-0.4, -0.2) is 17.6 Å². The van der Waals surface area contributed by atoms with Gasteiger partial charge >= 0.3 is 5.97 Å². The zero-order chi connectivity index (χ0) is 13.0. The first kappa shape index (κ1) is 14.5. The van der Waals surface area contributed by atoms with Crippen LogP contribution in [0.1, 0.15) is 34.8 Å². The molecular formula is C10H9Br2F2NO2. The first-order chi connectivity index (χ1) is 8.02. The van der Waals surface area contributed by atoms with Gasteiger partial charge in [0.05, 0.1) is 12.2 Å². The van der Waals surface area contributed by atoms with Gasteiger partial charge in [-0.25, -0.2) is 18.6 Å². The van der Waals surface area contributed by atoms with Crippen LogP contribution in [0, 0.1) is 0 Å². The first-order valence-corrected chi connectivity index (χ1v) is 6.62. The summed E-state index contributed by atoms with van der Waals surface area (Å²) in [4.78, 5) is 15.4. The normalized spacial score (nSPS) is 10.7. The zero-order valence-corrected chi connectivity index (χ0v) is 12.0. The Bertz CT molecular complexity index is 427. The molecule has 0 saturated carbocycles. The topological polar surface area (TPSA) is 39.2 Å². The van der Waals surface area contributed by atoms with Crippen molar-refractivity contribution in [1.82, 2.24) is 4.98 Å². The molecule has 17 heavy (non-hydrogen) atoms. The Balaban J connectivity index is 3.35. The average molecular weight is 373 g/mol. The number of hydrogen-bond donors (Lipinski definition) is 0. The number of halogens is 4. The number of pyridine rings is 1. The van der Waals surface area contributed by atoms with Gasteiger partial charge in [-0.2, -0.15) is 0 Å². The third-order valence-electron chi connectivity index (χ3n) is 2.02. The summed E-state index contributed by atoms with van der Waals surface area (Å²) in [5.74, 6) is -0.787. The highest BCUT2D eigenvalue weighted by molar-refractivity contribution is 9.10.